The van der Waals surface area contributed by atoms with Gasteiger partial charge in [-0.05, 0) is 73.1 Å². The average molecular weight is 651 g/mol. The van der Waals surface area contributed by atoms with E-state index in [4.69, 9.17) is 4.74 Å². The predicted molar refractivity (Wildman–Crippen MR) is 163 cm³/mol. The van der Waals surface area contributed by atoms with Gasteiger partial charge in [0.15, 0.2) is 0 Å². The third kappa shape index (κ3) is 6.22. The number of rotatable bonds is 9. The number of hydrogen-bond acceptors (Lipinski definition) is 3. The lowest BCUT2D eigenvalue weighted by Gasteiger charge is -2.22. The number of unbranched alkanes of at least 4 members (excludes halogenated alkanes) is 3. The highest BCUT2D eigenvalue weighted by atomic mass is 79.9. The summed E-state index contributed by atoms with van der Waals surface area (Å²) in [4.78, 5) is 27.0. The van der Waals surface area contributed by atoms with Crippen LogP contribution in [0.2, 0.25) is 0 Å². The zero-order valence-corrected chi connectivity index (χ0v) is 25.4. The van der Waals surface area contributed by atoms with Gasteiger partial charge in [0.2, 0.25) is 0 Å². The summed E-state index contributed by atoms with van der Waals surface area (Å²) in [6.45, 7) is 2.49. The van der Waals surface area contributed by atoms with E-state index < -0.39 is 0 Å². The van der Waals surface area contributed by atoms with Gasteiger partial charge in [0.05, 0.1) is 11.4 Å². The van der Waals surface area contributed by atoms with Crippen LogP contribution in [0.25, 0.3) is 10.9 Å². The molecule has 202 valence electrons. The Morgan fingerprint density at radius 2 is 1.72 bits per heavy atom. The first-order valence-electron chi connectivity index (χ1n) is 13.8. The molecule has 1 aliphatic carbocycles. The summed E-state index contributed by atoms with van der Waals surface area (Å²) in [5.74, 6) is -0.453. The van der Waals surface area contributed by atoms with Gasteiger partial charge >= 0.3 is 5.97 Å². The zero-order valence-electron chi connectivity index (χ0n) is 22.2. The van der Waals surface area contributed by atoms with Gasteiger partial charge in [0.1, 0.15) is 6.61 Å². The maximum atomic E-state index is 13.9. The van der Waals surface area contributed by atoms with Gasteiger partial charge in [-0.1, -0.05) is 101 Å². The smallest absolute Gasteiger partial charge is 0.309 e. The molecule has 1 aromatic heterocycles. The number of aryl methyl sites for hydroxylation is 1. The maximum absolute atomic E-state index is 13.9. The van der Waals surface area contributed by atoms with E-state index in [9.17, 15) is 9.59 Å². The summed E-state index contributed by atoms with van der Waals surface area (Å²) in [5.41, 5.74) is 5.82. The van der Waals surface area contributed by atoms with Crippen molar-refractivity contribution in [2.45, 2.75) is 64.9 Å². The van der Waals surface area contributed by atoms with E-state index in [0.29, 0.717) is 24.8 Å². The number of aromatic nitrogens is 1. The minimum Gasteiger partial charge on any atom is -0.461 e. The molecular formula is C33H33Br2NO3. The Labute approximate surface area is 247 Å². The second kappa shape index (κ2) is 12.6. The molecule has 0 spiro atoms. The molecule has 1 heterocycles. The van der Waals surface area contributed by atoms with Crippen LogP contribution >= 0.6 is 31.9 Å². The van der Waals surface area contributed by atoms with Gasteiger partial charge in [-0.25, -0.2) is 0 Å². The highest BCUT2D eigenvalue weighted by molar-refractivity contribution is 9.11. The Bertz CT molecular complexity index is 1470. The van der Waals surface area contributed by atoms with Crippen LogP contribution in [-0.4, -0.2) is 16.4 Å². The van der Waals surface area contributed by atoms with E-state index in [2.05, 4.69) is 50.9 Å². The molecule has 4 nitrogen and oxygen atoms in total. The van der Waals surface area contributed by atoms with Crippen molar-refractivity contribution in [1.82, 2.24) is 4.57 Å². The quantitative estimate of drug-likeness (QED) is 0.134. The van der Waals surface area contributed by atoms with Gasteiger partial charge in [-0.2, -0.15) is 0 Å². The van der Waals surface area contributed by atoms with Crippen LogP contribution in [0.15, 0.2) is 75.7 Å². The Morgan fingerprint density at radius 3 is 2.46 bits per heavy atom. The van der Waals surface area contributed by atoms with Crippen LogP contribution in [0.4, 0.5) is 0 Å². The number of hydrogen-bond donors (Lipinski definition) is 0. The first-order valence-corrected chi connectivity index (χ1v) is 15.4. The van der Waals surface area contributed by atoms with Gasteiger partial charge in [-0.3, -0.25) is 14.2 Å². The second-order valence-corrected chi connectivity index (χ2v) is 12.2. The van der Waals surface area contributed by atoms with Crippen molar-refractivity contribution in [2.75, 3.05) is 0 Å². The van der Waals surface area contributed by atoms with Crippen molar-refractivity contribution in [2.24, 2.45) is 5.92 Å². The van der Waals surface area contributed by atoms with Crippen LogP contribution in [0.3, 0.4) is 0 Å². The highest BCUT2D eigenvalue weighted by Crippen LogP contribution is 2.40. The van der Waals surface area contributed by atoms with Gasteiger partial charge in [-0.15, -0.1) is 0 Å². The van der Waals surface area contributed by atoms with E-state index >= 15 is 0 Å². The summed E-state index contributed by atoms with van der Waals surface area (Å²) >= 11 is 7.35. The fourth-order valence-corrected chi connectivity index (χ4v) is 7.02. The van der Waals surface area contributed by atoms with E-state index in [1.54, 1.807) is 0 Å². The summed E-state index contributed by atoms with van der Waals surface area (Å²) in [5, 5.41) is 0.995. The molecule has 3 aromatic carbocycles. The van der Waals surface area contributed by atoms with Crippen molar-refractivity contribution in [3.05, 3.63) is 104 Å². The third-order valence-electron chi connectivity index (χ3n) is 7.66. The SMILES string of the molecule is CCCCCCc1ccc(C(=O)n2c3c(c4c(Br)cc(Br)cc42)CC(C(=O)OCc2ccccc2)CC3)cc1. The molecule has 0 saturated carbocycles. The van der Waals surface area contributed by atoms with Gasteiger partial charge < -0.3 is 4.74 Å². The minimum atomic E-state index is -0.238. The number of ether oxygens (including phenoxy) is 1. The molecule has 0 amide bonds. The van der Waals surface area contributed by atoms with Crippen LogP contribution in [0.1, 0.15) is 71.8 Å². The molecule has 1 unspecified atom stereocenters. The molecule has 5 rings (SSSR count). The normalized spacial score (nSPS) is 14.8. The summed E-state index contributed by atoms with van der Waals surface area (Å²) in [6, 6.07) is 21.8. The molecule has 39 heavy (non-hydrogen) atoms. The first kappa shape index (κ1) is 27.9. The van der Waals surface area contributed by atoms with Crippen LogP contribution in [0.5, 0.6) is 0 Å². The molecule has 0 saturated heterocycles. The fraction of sp³-hybridized carbons (Fsp3) is 0.333. The molecule has 0 bridgehead atoms. The molecule has 0 fully saturated rings. The molecule has 1 aliphatic rings. The van der Waals surface area contributed by atoms with E-state index in [0.717, 1.165) is 43.1 Å². The standard InChI is InChI=1S/C33H33Br2NO3/c1-2-3-4-6-9-22-12-14-24(15-13-22)32(37)36-29-17-16-25(33(38)39-21-23-10-7-5-8-11-23)18-27(29)31-28(35)19-26(34)20-30(31)36/h5,7-8,10-15,19-20,25H,2-4,6,9,16-18,21H2,1H3. The lowest BCUT2D eigenvalue weighted by molar-refractivity contribution is -0.150. The largest absolute Gasteiger partial charge is 0.461 e. The average Bonchev–Trinajstić information content (AvgIpc) is 3.28. The maximum Gasteiger partial charge on any atom is 0.309 e. The highest BCUT2D eigenvalue weighted by Gasteiger charge is 2.33. The summed E-state index contributed by atoms with van der Waals surface area (Å²) in [7, 11) is 0. The van der Waals surface area contributed by atoms with Crippen LogP contribution in [0, 0.1) is 5.92 Å². The number of nitrogens with zero attached hydrogens (tertiary/aromatic N) is 1. The third-order valence-corrected chi connectivity index (χ3v) is 8.74. The van der Waals surface area contributed by atoms with Gasteiger partial charge in [0.25, 0.3) is 5.91 Å². The number of esters is 1. The minimum absolute atomic E-state index is 0.0334. The lowest BCUT2D eigenvalue weighted by atomic mass is 9.86. The lowest BCUT2D eigenvalue weighted by Crippen LogP contribution is -2.26. The number of carbonyl (C=O) groups excluding carboxylic acids is 2. The monoisotopic (exact) mass is 649 g/mol. The summed E-state index contributed by atoms with van der Waals surface area (Å²) < 4.78 is 9.36. The molecule has 4 aromatic rings. The van der Waals surface area contributed by atoms with Crippen molar-refractivity contribution in [3.8, 4) is 0 Å². The van der Waals surface area contributed by atoms with Crippen LogP contribution in [-0.2, 0) is 35.4 Å². The number of fused-ring (bicyclic) bond motifs is 3. The number of halogens is 2. The first-order chi connectivity index (χ1) is 19.0. The fourth-order valence-electron chi connectivity index (χ4n) is 5.58. The molecule has 0 radical (unpaired) electrons. The molecule has 1 atom stereocenters. The molecular weight excluding hydrogens is 618 g/mol. The van der Waals surface area contributed by atoms with Crippen molar-refractivity contribution in [1.29, 1.82) is 0 Å². The van der Waals surface area contributed by atoms with Crippen molar-refractivity contribution in [3.63, 3.8) is 0 Å². The Hall–Kier alpha value is -2.70. The van der Waals surface area contributed by atoms with Crippen molar-refractivity contribution < 1.29 is 14.3 Å². The molecule has 0 N–H and O–H groups in total. The summed E-state index contributed by atoms with van der Waals surface area (Å²) in [6.07, 6.45) is 7.79. The van der Waals surface area contributed by atoms with Crippen LogP contribution < -0.4 is 0 Å². The molecule has 0 aliphatic heterocycles. The second-order valence-electron chi connectivity index (χ2n) is 10.4. The number of benzene rings is 3. The zero-order chi connectivity index (χ0) is 27.4. The number of carbonyl (C=O) groups is 2. The Morgan fingerprint density at radius 1 is 0.949 bits per heavy atom. The Balaban J connectivity index is 1.41. The topological polar surface area (TPSA) is 48.3 Å². The van der Waals surface area contributed by atoms with Gasteiger partial charge in [0, 0.05) is 25.6 Å². The van der Waals surface area contributed by atoms with E-state index in [1.807, 2.05) is 59.2 Å². The Kier molecular flexibility index (Phi) is 9.03. The van der Waals surface area contributed by atoms with Crippen molar-refractivity contribution >= 4 is 54.6 Å². The predicted octanol–water partition coefficient (Wildman–Crippen LogP) is 8.83. The van der Waals surface area contributed by atoms with E-state index in [1.165, 1.54) is 31.2 Å². The molecule has 6 heteroatoms. The van der Waals surface area contributed by atoms with E-state index in [-0.39, 0.29) is 24.4 Å².